The predicted molar refractivity (Wildman–Crippen MR) is 98.9 cm³/mol. The minimum atomic E-state index is -0.427. The molecule has 0 bridgehead atoms. The number of carbonyl (C=O) groups excluding carboxylic acids is 2. The molecule has 26 heavy (non-hydrogen) atoms. The molecule has 1 saturated heterocycles. The Morgan fingerprint density at radius 1 is 1.12 bits per heavy atom. The molecule has 1 aliphatic rings. The average molecular weight is 353 g/mol. The molecule has 1 aliphatic heterocycles. The second kappa shape index (κ2) is 8.99. The van der Waals surface area contributed by atoms with Gasteiger partial charge in [-0.2, -0.15) is 0 Å². The maximum Gasteiger partial charge on any atom is 0.339 e. The summed E-state index contributed by atoms with van der Waals surface area (Å²) in [6, 6.07) is 13.6. The van der Waals surface area contributed by atoms with Crippen LogP contribution in [0.3, 0.4) is 0 Å². The number of pyridine rings is 1. The van der Waals surface area contributed by atoms with Gasteiger partial charge in [0.2, 0.25) is 5.91 Å². The van der Waals surface area contributed by atoms with Gasteiger partial charge in [-0.1, -0.05) is 18.2 Å². The zero-order chi connectivity index (χ0) is 18.2. The maximum atomic E-state index is 12.3. The molecular formula is C20H23N3O3. The molecule has 3 rings (SSSR count). The first-order valence-electron chi connectivity index (χ1n) is 8.89. The van der Waals surface area contributed by atoms with E-state index in [9.17, 15) is 9.59 Å². The molecule has 0 saturated carbocycles. The summed E-state index contributed by atoms with van der Waals surface area (Å²) in [6.07, 6.45) is 4.72. The van der Waals surface area contributed by atoms with E-state index >= 15 is 0 Å². The first kappa shape index (κ1) is 17.9. The monoisotopic (exact) mass is 353 g/mol. The largest absolute Gasteiger partial charge is 0.460 e. The Hall–Kier alpha value is -2.89. The molecule has 2 heterocycles. The van der Waals surface area contributed by atoms with Crippen LogP contribution in [-0.4, -0.2) is 43.1 Å². The molecule has 1 N–H and O–H groups in total. The van der Waals surface area contributed by atoms with Crippen LogP contribution in [-0.2, 0) is 9.53 Å². The Labute approximate surface area is 153 Å². The lowest BCUT2D eigenvalue weighted by molar-refractivity contribution is -0.125. The molecule has 0 aliphatic carbocycles. The number of rotatable bonds is 6. The highest BCUT2D eigenvalue weighted by atomic mass is 16.5. The lowest BCUT2D eigenvalue weighted by atomic mass is 9.95. The molecule has 1 fully saturated rings. The van der Waals surface area contributed by atoms with E-state index in [0.717, 1.165) is 25.9 Å². The van der Waals surface area contributed by atoms with E-state index in [1.165, 1.54) is 11.9 Å². The van der Waals surface area contributed by atoms with Gasteiger partial charge in [0.1, 0.15) is 6.61 Å². The normalized spacial score (nSPS) is 14.7. The molecule has 6 heteroatoms. The van der Waals surface area contributed by atoms with Gasteiger partial charge < -0.3 is 15.0 Å². The fourth-order valence-corrected chi connectivity index (χ4v) is 3.07. The van der Waals surface area contributed by atoms with E-state index in [4.69, 9.17) is 4.74 Å². The number of para-hydroxylation sites is 1. The van der Waals surface area contributed by atoms with E-state index in [0.29, 0.717) is 12.1 Å². The minimum Gasteiger partial charge on any atom is -0.460 e. The van der Waals surface area contributed by atoms with Gasteiger partial charge >= 0.3 is 5.97 Å². The van der Waals surface area contributed by atoms with Crippen molar-refractivity contribution >= 4 is 17.6 Å². The number of aromatic nitrogens is 1. The van der Waals surface area contributed by atoms with Crippen molar-refractivity contribution in [3.8, 4) is 0 Å². The van der Waals surface area contributed by atoms with Crippen LogP contribution in [0.2, 0.25) is 0 Å². The Bertz CT molecular complexity index is 714. The summed E-state index contributed by atoms with van der Waals surface area (Å²) in [7, 11) is 0. The standard InChI is InChI=1S/C20H23N3O3/c24-19(22-11-14-26-20(25)17-5-4-10-21-15-17)16-8-12-23(13-9-16)18-6-2-1-3-7-18/h1-7,10,15-16H,8-9,11-14H2,(H,22,24). The highest BCUT2D eigenvalue weighted by Gasteiger charge is 2.24. The third kappa shape index (κ3) is 4.81. The predicted octanol–water partition coefficient (Wildman–Crippen LogP) is 2.27. The first-order chi connectivity index (χ1) is 12.7. The third-order valence-electron chi connectivity index (χ3n) is 4.52. The van der Waals surface area contributed by atoms with E-state index in [-0.39, 0.29) is 18.4 Å². The number of benzene rings is 1. The molecule has 1 aromatic carbocycles. The van der Waals surface area contributed by atoms with E-state index < -0.39 is 5.97 Å². The SMILES string of the molecule is O=C(OCCNC(=O)C1CCN(c2ccccc2)CC1)c1cccnc1. The van der Waals surface area contributed by atoms with Gasteiger partial charge in [0.05, 0.1) is 12.1 Å². The minimum absolute atomic E-state index is 0.0176. The summed E-state index contributed by atoms with van der Waals surface area (Å²) in [5.74, 6) is -0.373. The number of ether oxygens (including phenoxy) is 1. The van der Waals surface area contributed by atoms with Crippen molar-refractivity contribution in [2.24, 2.45) is 5.92 Å². The van der Waals surface area contributed by atoms with Crippen molar-refractivity contribution in [1.29, 1.82) is 0 Å². The lowest BCUT2D eigenvalue weighted by Gasteiger charge is -2.33. The van der Waals surface area contributed by atoms with Crippen LogP contribution < -0.4 is 10.2 Å². The highest BCUT2D eigenvalue weighted by molar-refractivity contribution is 5.88. The van der Waals surface area contributed by atoms with Gasteiger partial charge in [0, 0.05) is 37.1 Å². The number of hydrogen-bond donors (Lipinski definition) is 1. The Morgan fingerprint density at radius 3 is 2.58 bits per heavy atom. The summed E-state index contributed by atoms with van der Waals surface area (Å²) < 4.78 is 5.14. The smallest absolute Gasteiger partial charge is 0.339 e. The van der Waals surface area contributed by atoms with Gasteiger partial charge in [0.15, 0.2) is 0 Å². The third-order valence-corrected chi connectivity index (χ3v) is 4.52. The summed E-state index contributed by atoms with van der Waals surface area (Å²) in [5.41, 5.74) is 1.61. The molecule has 136 valence electrons. The van der Waals surface area contributed by atoms with E-state index in [1.54, 1.807) is 18.3 Å². The van der Waals surface area contributed by atoms with Crippen molar-refractivity contribution in [2.45, 2.75) is 12.8 Å². The zero-order valence-electron chi connectivity index (χ0n) is 14.6. The van der Waals surface area contributed by atoms with Crippen molar-refractivity contribution in [1.82, 2.24) is 10.3 Å². The zero-order valence-corrected chi connectivity index (χ0v) is 14.6. The number of carbonyl (C=O) groups is 2. The summed E-state index contributed by atoms with van der Waals surface area (Å²) in [4.78, 5) is 30.2. The maximum absolute atomic E-state index is 12.3. The Balaban J connectivity index is 1.35. The van der Waals surface area contributed by atoms with Gasteiger partial charge in [-0.05, 0) is 37.1 Å². The fraction of sp³-hybridized carbons (Fsp3) is 0.350. The number of hydrogen-bond acceptors (Lipinski definition) is 5. The highest BCUT2D eigenvalue weighted by Crippen LogP contribution is 2.22. The molecule has 0 radical (unpaired) electrons. The second-order valence-corrected chi connectivity index (χ2v) is 6.27. The number of piperidine rings is 1. The number of anilines is 1. The molecule has 6 nitrogen and oxygen atoms in total. The molecular weight excluding hydrogens is 330 g/mol. The van der Waals surface area contributed by atoms with Crippen molar-refractivity contribution in [3.05, 3.63) is 60.4 Å². The average Bonchev–Trinajstić information content (AvgIpc) is 2.72. The van der Waals surface area contributed by atoms with Gasteiger partial charge in [-0.15, -0.1) is 0 Å². The molecule has 1 amide bonds. The quantitative estimate of drug-likeness (QED) is 0.637. The first-order valence-corrected chi connectivity index (χ1v) is 8.89. The van der Waals surface area contributed by atoms with Crippen LogP contribution in [0.15, 0.2) is 54.9 Å². The van der Waals surface area contributed by atoms with Crippen molar-refractivity contribution in [2.75, 3.05) is 31.1 Å². The summed E-state index contributed by atoms with van der Waals surface area (Å²) in [6.45, 7) is 2.22. The van der Waals surface area contributed by atoms with Crippen LogP contribution in [0.5, 0.6) is 0 Å². The van der Waals surface area contributed by atoms with Gasteiger partial charge in [0.25, 0.3) is 0 Å². The van der Waals surface area contributed by atoms with Gasteiger partial charge in [-0.3, -0.25) is 9.78 Å². The Kier molecular flexibility index (Phi) is 6.19. The number of amides is 1. The Morgan fingerprint density at radius 2 is 1.88 bits per heavy atom. The van der Waals surface area contributed by atoms with Crippen LogP contribution in [0.1, 0.15) is 23.2 Å². The topological polar surface area (TPSA) is 71.5 Å². The number of esters is 1. The second-order valence-electron chi connectivity index (χ2n) is 6.27. The number of nitrogens with zero attached hydrogens (tertiary/aromatic N) is 2. The van der Waals surface area contributed by atoms with E-state index in [2.05, 4.69) is 27.3 Å². The van der Waals surface area contributed by atoms with Crippen LogP contribution in [0, 0.1) is 5.92 Å². The summed E-state index contributed by atoms with van der Waals surface area (Å²) >= 11 is 0. The number of nitrogens with one attached hydrogen (secondary N) is 1. The molecule has 0 atom stereocenters. The van der Waals surface area contributed by atoms with Crippen LogP contribution in [0.25, 0.3) is 0 Å². The molecule has 2 aromatic rings. The van der Waals surface area contributed by atoms with Crippen molar-refractivity contribution in [3.63, 3.8) is 0 Å². The van der Waals surface area contributed by atoms with Crippen LogP contribution in [0.4, 0.5) is 5.69 Å². The van der Waals surface area contributed by atoms with E-state index in [1.807, 2.05) is 18.2 Å². The van der Waals surface area contributed by atoms with Crippen molar-refractivity contribution < 1.29 is 14.3 Å². The molecule has 0 unspecified atom stereocenters. The van der Waals surface area contributed by atoms with Gasteiger partial charge in [-0.25, -0.2) is 4.79 Å². The fourth-order valence-electron chi connectivity index (χ4n) is 3.07. The summed E-state index contributed by atoms with van der Waals surface area (Å²) in [5, 5.41) is 2.86. The molecule has 0 spiro atoms. The molecule has 1 aromatic heterocycles. The lowest BCUT2D eigenvalue weighted by Crippen LogP contribution is -2.41. The van der Waals surface area contributed by atoms with Crippen LogP contribution >= 0.6 is 0 Å².